The van der Waals surface area contributed by atoms with Crippen LogP contribution in [0.5, 0.6) is 0 Å². The maximum absolute atomic E-state index is 9.55. The van der Waals surface area contributed by atoms with E-state index in [9.17, 15) is 5.11 Å². The Labute approximate surface area is 82.8 Å². The molecule has 1 heterocycles. The first kappa shape index (κ1) is 10.6. The van der Waals surface area contributed by atoms with Crippen LogP contribution in [0.25, 0.3) is 0 Å². The highest BCUT2D eigenvalue weighted by Crippen LogP contribution is 2.09. The van der Waals surface area contributed by atoms with E-state index in [1.807, 2.05) is 19.2 Å². The molecular formula is C9H16N2OS. The van der Waals surface area contributed by atoms with E-state index in [0.29, 0.717) is 13.0 Å². The van der Waals surface area contributed by atoms with Crippen LogP contribution < -0.4 is 5.32 Å². The summed E-state index contributed by atoms with van der Waals surface area (Å²) in [4.78, 5) is 4.29. The van der Waals surface area contributed by atoms with Crippen LogP contribution in [-0.2, 0) is 6.42 Å². The monoisotopic (exact) mass is 200 g/mol. The molecule has 0 aliphatic rings. The molecule has 0 radical (unpaired) electrons. The van der Waals surface area contributed by atoms with Crippen molar-refractivity contribution in [1.82, 2.24) is 10.3 Å². The molecule has 0 aromatic carbocycles. The van der Waals surface area contributed by atoms with Crippen LogP contribution >= 0.6 is 11.3 Å². The second-order valence-electron chi connectivity index (χ2n) is 3.02. The lowest BCUT2D eigenvalue weighted by Gasteiger charge is -2.08. The number of hydrogen-bond donors (Lipinski definition) is 2. The predicted octanol–water partition coefficient (Wildman–Crippen LogP) is 0.964. The maximum Gasteiger partial charge on any atom is 0.0897 e. The Morgan fingerprint density at radius 2 is 2.46 bits per heavy atom. The molecule has 0 aliphatic heterocycles. The smallest absolute Gasteiger partial charge is 0.0897 e. The van der Waals surface area contributed by atoms with E-state index in [0.717, 1.165) is 17.2 Å². The first-order chi connectivity index (χ1) is 6.22. The van der Waals surface area contributed by atoms with Crippen molar-refractivity contribution in [2.24, 2.45) is 0 Å². The number of aliphatic hydroxyl groups excluding tert-OH is 1. The van der Waals surface area contributed by atoms with E-state index in [1.54, 1.807) is 11.3 Å². The summed E-state index contributed by atoms with van der Waals surface area (Å²) in [5.41, 5.74) is 0.993. The molecule has 0 spiro atoms. The molecule has 1 rings (SSSR count). The van der Waals surface area contributed by atoms with Gasteiger partial charge in [0, 0.05) is 18.3 Å². The van der Waals surface area contributed by atoms with Gasteiger partial charge in [0.05, 0.1) is 16.8 Å². The van der Waals surface area contributed by atoms with Crippen LogP contribution in [0, 0.1) is 6.92 Å². The van der Waals surface area contributed by atoms with Crippen LogP contribution in [0.15, 0.2) is 5.38 Å². The first-order valence-electron chi connectivity index (χ1n) is 4.52. The van der Waals surface area contributed by atoms with E-state index in [4.69, 9.17) is 0 Å². The molecule has 0 saturated heterocycles. The van der Waals surface area contributed by atoms with Crippen molar-refractivity contribution in [1.29, 1.82) is 0 Å². The van der Waals surface area contributed by atoms with Gasteiger partial charge in [0.2, 0.25) is 0 Å². The average molecular weight is 200 g/mol. The van der Waals surface area contributed by atoms with Crippen molar-refractivity contribution in [3.63, 3.8) is 0 Å². The number of thiazole rings is 1. The van der Waals surface area contributed by atoms with Crippen LogP contribution in [0.3, 0.4) is 0 Å². The highest BCUT2D eigenvalue weighted by Gasteiger charge is 2.06. The van der Waals surface area contributed by atoms with Gasteiger partial charge in [0.1, 0.15) is 0 Å². The molecule has 0 fully saturated rings. The highest BCUT2D eigenvalue weighted by molar-refractivity contribution is 7.09. The highest BCUT2D eigenvalue weighted by atomic mass is 32.1. The summed E-state index contributed by atoms with van der Waals surface area (Å²) < 4.78 is 0. The van der Waals surface area contributed by atoms with Gasteiger partial charge < -0.3 is 10.4 Å². The van der Waals surface area contributed by atoms with Crippen molar-refractivity contribution in [3.8, 4) is 0 Å². The molecular weight excluding hydrogens is 184 g/mol. The lowest BCUT2D eigenvalue weighted by molar-refractivity contribution is 0.172. The summed E-state index contributed by atoms with van der Waals surface area (Å²) in [6, 6.07) is 0. The summed E-state index contributed by atoms with van der Waals surface area (Å²) >= 11 is 1.63. The predicted molar refractivity (Wildman–Crippen MR) is 55.1 cm³/mol. The molecule has 2 N–H and O–H groups in total. The molecule has 0 saturated carbocycles. The zero-order valence-electron chi connectivity index (χ0n) is 8.08. The molecule has 1 atom stereocenters. The Balaban J connectivity index is 2.31. The minimum absolute atomic E-state index is 0.318. The molecule has 13 heavy (non-hydrogen) atoms. The van der Waals surface area contributed by atoms with Gasteiger partial charge in [-0.05, 0) is 13.5 Å². The fourth-order valence-electron chi connectivity index (χ4n) is 1.13. The Hall–Kier alpha value is -0.450. The van der Waals surface area contributed by atoms with Gasteiger partial charge in [-0.25, -0.2) is 4.98 Å². The molecule has 1 unspecified atom stereocenters. The molecule has 74 valence electrons. The Morgan fingerprint density at radius 3 is 3.00 bits per heavy atom. The maximum atomic E-state index is 9.55. The molecule has 0 bridgehead atoms. The van der Waals surface area contributed by atoms with Gasteiger partial charge in [-0.15, -0.1) is 11.3 Å². The van der Waals surface area contributed by atoms with Gasteiger partial charge in [-0.1, -0.05) is 6.92 Å². The van der Waals surface area contributed by atoms with Crippen LogP contribution in [0.1, 0.15) is 17.6 Å². The quantitative estimate of drug-likeness (QED) is 0.744. The number of hydrogen-bond acceptors (Lipinski definition) is 4. The fraction of sp³-hybridized carbons (Fsp3) is 0.667. The number of likely N-dealkylation sites (N-methyl/N-ethyl adjacent to an activating group) is 1. The first-order valence-corrected chi connectivity index (χ1v) is 5.40. The topological polar surface area (TPSA) is 45.1 Å². The second-order valence-corrected chi connectivity index (χ2v) is 4.09. The van der Waals surface area contributed by atoms with Gasteiger partial charge in [0.25, 0.3) is 0 Å². The van der Waals surface area contributed by atoms with Crippen molar-refractivity contribution in [3.05, 3.63) is 16.1 Å². The van der Waals surface area contributed by atoms with Gasteiger partial charge in [0.15, 0.2) is 0 Å². The lowest BCUT2D eigenvalue weighted by atomic mass is 10.2. The van der Waals surface area contributed by atoms with E-state index >= 15 is 0 Å². The molecule has 4 heteroatoms. The van der Waals surface area contributed by atoms with Crippen LogP contribution in [0.2, 0.25) is 0 Å². The van der Waals surface area contributed by atoms with E-state index in [2.05, 4.69) is 10.3 Å². The Kier molecular flexibility index (Phi) is 4.35. The number of aromatic nitrogens is 1. The van der Waals surface area contributed by atoms with E-state index in [-0.39, 0.29) is 6.10 Å². The Bertz CT molecular complexity index is 250. The van der Waals surface area contributed by atoms with Crippen molar-refractivity contribution >= 4 is 11.3 Å². The number of aryl methyl sites for hydroxylation is 1. The van der Waals surface area contributed by atoms with E-state index < -0.39 is 0 Å². The third kappa shape index (κ3) is 3.85. The number of aliphatic hydroxyl groups is 1. The lowest BCUT2D eigenvalue weighted by Crippen LogP contribution is -2.28. The third-order valence-electron chi connectivity index (χ3n) is 1.74. The van der Waals surface area contributed by atoms with Crippen LogP contribution in [-0.4, -0.2) is 29.3 Å². The number of nitrogens with one attached hydrogen (secondary N) is 1. The molecule has 0 amide bonds. The number of rotatable bonds is 5. The number of nitrogens with zero attached hydrogens (tertiary/aromatic N) is 1. The zero-order chi connectivity index (χ0) is 9.68. The minimum atomic E-state index is -0.318. The SMILES string of the molecule is CCNCC(O)Cc1csc(C)n1. The summed E-state index contributed by atoms with van der Waals surface area (Å²) in [5.74, 6) is 0. The second kappa shape index (κ2) is 5.32. The molecule has 1 aromatic rings. The van der Waals surface area contributed by atoms with Crippen molar-refractivity contribution in [2.45, 2.75) is 26.4 Å². The molecule has 0 aliphatic carbocycles. The van der Waals surface area contributed by atoms with Crippen LogP contribution in [0.4, 0.5) is 0 Å². The molecule has 1 aromatic heterocycles. The standard InChI is InChI=1S/C9H16N2OS/c1-3-10-5-9(12)4-8-6-13-7(2)11-8/h6,9-10,12H,3-5H2,1-2H3. The van der Waals surface area contributed by atoms with Gasteiger partial charge >= 0.3 is 0 Å². The fourth-order valence-corrected chi connectivity index (χ4v) is 1.75. The van der Waals surface area contributed by atoms with Crippen molar-refractivity contribution < 1.29 is 5.11 Å². The minimum Gasteiger partial charge on any atom is -0.391 e. The normalized spacial score (nSPS) is 13.2. The zero-order valence-corrected chi connectivity index (χ0v) is 8.90. The Morgan fingerprint density at radius 1 is 1.69 bits per heavy atom. The largest absolute Gasteiger partial charge is 0.391 e. The van der Waals surface area contributed by atoms with Crippen molar-refractivity contribution in [2.75, 3.05) is 13.1 Å². The summed E-state index contributed by atoms with van der Waals surface area (Å²) in [6.45, 7) is 5.55. The third-order valence-corrected chi connectivity index (χ3v) is 2.56. The summed E-state index contributed by atoms with van der Waals surface area (Å²) in [5, 5.41) is 15.7. The average Bonchev–Trinajstić information content (AvgIpc) is 2.48. The summed E-state index contributed by atoms with van der Waals surface area (Å²) in [6.07, 6.45) is 0.332. The van der Waals surface area contributed by atoms with E-state index in [1.165, 1.54) is 0 Å². The molecule has 3 nitrogen and oxygen atoms in total. The van der Waals surface area contributed by atoms with Gasteiger partial charge in [-0.3, -0.25) is 0 Å². The van der Waals surface area contributed by atoms with Gasteiger partial charge in [-0.2, -0.15) is 0 Å². The summed E-state index contributed by atoms with van der Waals surface area (Å²) in [7, 11) is 0.